The van der Waals surface area contributed by atoms with Crippen LogP contribution in [-0.2, 0) is 39.9 Å². The van der Waals surface area contributed by atoms with Crippen molar-refractivity contribution in [3.63, 3.8) is 0 Å². The van der Waals surface area contributed by atoms with Gasteiger partial charge in [-0.2, -0.15) is 5.10 Å². The fourth-order valence-electron chi connectivity index (χ4n) is 7.35. The van der Waals surface area contributed by atoms with Crippen molar-refractivity contribution in [3.8, 4) is 11.4 Å². The first-order valence-electron chi connectivity index (χ1n) is 16.8. The molecule has 0 radical (unpaired) electrons. The molecule has 1 aliphatic heterocycles. The number of carbonyl (C=O) groups is 1. The number of aromatic amines is 1. The lowest BCUT2D eigenvalue weighted by Crippen LogP contribution is -2.29. The molecule has 0 fully saturated rings. The average molecular weight is 705 g/mol. The highest BCUT2D eigenvalue weighted by Gasteiger charge is 2.36. The number of carboxylic acids is 1. The van der Waals surface area contributed by atoms with Crippen LogP contribution in [-0.4, -0.2) is 55.9 Å². The minimum absolute atomic E-state index is 0.0199. The van der Waals surface area contributed by atoms with Crippen LogP contribution in [0.15, 0.2) is 60.8 Å². The van der Waals surface area contributed by atoms with Gasteiger partial charge in [-0.15, -0.1) is 0 Å². The first-order chi connectivity index (χ1) is 23.6. The molecule has 9 nitrogen and oxygen atoms in total. The molecule has 3 N–H and O–H groups in total. The van der Waals surface area contributed by atoms with Gasteiger partial charge in [-0.3, -0.25) is 4.79 Å². The molecule has 0 spiro atoms. The number of carboxylic acid groups (broad SMARTS) is 1. The van der Waals surface area contributed by atoms with Gasteiger partial charge < -0.3 is 15.2 Å². The predicted molar refractivity (Wildman–Crippen MR) is 188 cm³/mol. The van der Waals surface area contributed by atoms with Gasteiger partial charge in [0.2, 0.25) is 0 Å². The van der Waals surface area contributed by atoms with Crippen LogP contribution in [0.1, 0.15) is 86.2 Å². The van der Waals surface area contributed by atoms with Crippen molar-refractivity contribution >= 4 is 26.7 Å². The number of aliphatic hydroxyl groups excluding tert-OH is 1. The normalized spacial score (nSPS) is 20.9. The summed E-state index contributed by atoms with van der Waals surface area (Å²) in [5.41, 5.74) is 1.35. The number of sulfone groups is 1. The lowest BCUT2D eigenvalue weighted by molar-refractivity contribution is -0.136. The maximum absolute atomic E-state index is 15.9. The number of fused-ring (bicyclic) bond motifs is 8. The zero-order chi connectivity index (χ0) is 36.0. The van der Waals surface area contributed by atoms with Crippen molar-refractivity contribution in [2.24, 2.45) is 12.5 Å². The number of hydrogen-bond acceptors (Lipinski definition) is 6. The summed E-state index contributed by atoms with van der Waals surface area (Å²) in [6, 6.07) is 14.7. The van der Waals surface area contributed by atoms with E-state index in [0.717, 1.165) is 11.1 Å². The molecule has 12 heteroatoms. The Morgan fingerprint density at radius 3 is 2.60 bits per heavy atom. The molecule has 0 saturated carbocycles. The van der Waals surface area contributed by atoms with Crippen LogP contribution < -0.4 is 0 Å². The molecular formula is C38H42F2N4O5S. The van der Waals surface area contributed by atoms with E-state index < -0.39 is 44.4 Å². The Kier molecular flexibility index (Phi) is 9.47. The molecule has 2 unspecified atom stereocenters. The Hall–Kier alpha value is -4.42. The number of aliphatic carboxylic acids is 1. The van der Waals surface area contributed by atoms with E-state index in [1.165, 1.54) is 28.9 Å². The molecule has 6 rings (SSSR count). The van der Waals surface area contributed by atoms with Crippen molar-refractivity contribution in [2.45, 2.75) is 70.8 Å². The summed E-state index contributed by atoms with van der Waals surface area (Å²) in [5.74, 6) is -1.91. The zero-order valence-corrected chi connectivity index (χ0v) is 29.4. The number of hydrogen-bond donors (Lipinski definition) is 3. The summed E-state index contributed by atoms with van der Waals surface area (Å²) in [7, 11) is -1.97. The van der Waals surface area contributed by atoms with Crippen LogP contribution in [0, 0.1) is 17.0 Å². The summed E-state index contributed by atoms with van der Waals surface area (Å²) in [4.78, 5) is 19.2. The third-order valence-corrected chi connectivity index (χ3v) is 12.1. The topological polar surface area (TPSA) is 138 Å². The van der Waals surface area contributed by atoms with E-state index in [1.807, 2.05) is 45.0 Å². The van der Waals surface area contributed by atoms with E-state index in [-0.39, 0.29) is 46.9 Å². The summed E-state index contributed by atoms with van der Waals surface area (Å²) in [5, 5.41) is 26.4. The lowest BCUT2D eigenvalue weighted by Gasteiger charge is -2.31. The minimum atomic E-state index is -3.63. The number of H-pyrrole nitrogens is 1. The van der Waals surface area contributed by atoms with E-state index in [2.05, 4.69) is 4.98 Å². The first-order valence-corrected chi connectivity index (χ1v) is 18.6. The number of rotatable bonds is 4. The fourth-order valence-corrected chi connectivity index (χ4v) is 9.35. The molecule has 2 aromatic heterocycles. The van der Waals surface area contributed by atoms with Crippen molar-refractivity contribution in [1.82, 2.24) is 19.7 Å². The van der Waals surface area contributed by atoms with Gasteiger partial charge in [-0.05, 0) is 84.5 Å². The van der Waals surface area contributed by atoms with E-state index in [9.17, 15) is 23.4 Å². The molecule has 2 atom stereocenters. The van der Waals surface area contributed by atoms with Gasteiger partial charge >= 0.3 is 5.97 Å². The number of aliphatic hydroxyl groups is 1. The van der Waals surface area contributed by atoms with Crippen LogP contribution in [0.5, 0.6) is 0 Å². The number of halogens is 2. The highest BCUT2D eigenvalue weighted by molar-refractivity contribution is 7.91. The van der Waals surface area contributed by atoms with Crippen LogP contribution in [0.4, 0.5) is 8.78 Å². The number of aryl methyl sites for hydroxylation is 3. The van der Waals surface area contributed by atoms with Crippen LogP contribution >= 0.6 is 0 Å². The maximum Gasteiger partial charge on any atom is 0.303 e. The highest BCUT2D eigenvalue weighted by atomic mass is 32.2. The smallest absolute Gasteiger partial charge is 0.303 e. The van der Waals surface area contributed by atoms with Crippen LogP contribution in [0.25, 0.3) is 22.3 Å². The summed E-state index contributed by atoms with van der Waals surface area (Å²) in [6.07, 6.45) is 2.10. The molecular weight excluding hydrogens is 663 g/mol. The Labute approximate surface area is 290 Å². The van der Waals surface area contributed by atoms with Crippen molar-refractivity contribution in [2.75, 3.05) is 11.5 Å². The summed E-state index contributed by atoms with van der Waals surface area (Å²) >= 11 is 0. The van der Waals surface area contributed by atoms with Crippen molar-refractivity contribution < 1.29 is 32.2 Å². The monoisotopic (exact) mass is 704 g/mol. The third-order valence-electron chi connectivity index (χ3n) is 10.0. The Morgan fingerprint density at radius 2 is 1.84 bits per heavy atom. The molecule has 0 aliphatic carbocycles. The SMILES string of the molecule is Cn1nc2nc1-c1cc(ccc1F)C(O)c1c(F)cc3[nH]ccc3c1CCS(=O)(=O)CC(C)(C)CCCC2(C)c1cccc(CCC(=O)O)c1. The highest BCUT2D eigenvalue weighted by Crippen LogP contribution is 2.40. The molecule has 0 amide bonds. The second-order valence-electron chi connectivity index (χ2n) is 14.5. The average Bonchev–Trinajstić information content (AvgIpc) is 3.68. The van der Waals surface area contributed by atoms with Gasteiger partial charge in [0.25, 0.3) is 0 Å². The van der Waals surface area contributed by atoms with Gasteiger partial charge in [0.15, 0.2) is 21.5 Å². The molecule has 3 heterocycles. The summed E-state index contributed by atoms with van der Waals surface area (Å²) in [6.45, 7) is 5.82. The molecule has 264 valence electrons. The second kappa shape index (κ2) is 13.4. The largest absolute Gasteiger partial charge is 0.481 e. The number of nitrogens with one attached hydrogen (secondary N) is 1. The molecule has 4 bridgehead atoms. The molecule has 1 aliphatic rings. The number of benzene rings is 3. The van der Waals surface area contributed by atoms with Gasteiger partial charge in [-0.1, -0.05) is 50.6 Å². The third kappa shape index (κ3) is 7.09. The fraction of sp³-hybridized carbons (Fsp3) is 0.395. The maximum atomic E-state index is 15.9. The predicted octanol–water partition coefficient (Wildman–Crippen LogP) is 6.81. The van der Waals surface area contributed by atoms with Crippen molar-refractivity contribution in [3.05, 3.63) is 106 Å². The van der Waals surface area contributed by atoms with E-state index in [4.69, 9.17) is 10.1 Å². The van der Waals surface area contributed by atoms with Gasteiger partial charge in [0.1, 0.15) is 17.7 Å². The van der Waals surface area contributed by atoms with Crippen LogP contribution in [0.2, 0.25) is 0 Å². The molecule has 0 saturated heterocycles. The second-order valence-corrected chi connectivity index (χ2v) is 16.7. The van der Waals surface area contributed by atoms with E-state index in [1.54, 1.807) is 19.3 Å². The Morgan fingerprint density at radius 1 is 1.06 bits per heavy atom. The minimum Gasteiger partial charge on any atom is -0.481 e. The molecule has 50 heavy (non-hydrogen) atoms. The lowest BCUT2D eigenvalue weighted by atomic mass is 9.75. The zero-order valence-electron chi connectivity index (χ0n) is 28.6. The summed E-state index contributed by atoms with van der Waals surface area (Å²) < 4.78 is 60.3. The quantitative estimate of drug-likeness (QED) is 0.187. The number of nitrogens with zero attached hydrogens (tertiary/aromatic N) is 3. The van der Waals surface area contributed by atoms with Gasteiger partial charge in [-0.25, -0.2) is 26.9 Å². The van der Waals surface area contributed by atoms with Gasteiger partial charge in [0, 0.05) is 36.1 Å². The standard InChI is InChI=1S/C38H42F2N4O5S/c1-37(2)15-6-16-38(3,25-8-5-7-23(19-25)9-12-32(45)46)36-42-35(44(4)43-36)28-20-24(10-11-29(28)39)34(47)33-27(14-18-50(48,49)22-37)26-13-17-41-31(26)21-30(33)40/h5,7-8,10-11,13,17,19-21,34,41,47H,6,9,12,14-16,18,22H2,1-4H3,(H,45,46). The molecule has 3 aromatic carbocycles. The van der Waals surface area contributed by atoms with Crippen LogP contribution in [0.3, 0.4) is 0 Å². The Bertz CT molecular complexity index is 2190. The Balaban J connectivity index is 1.52. The first kappa shape index (κ1) is 35.4. The van der Waals surface area contributed by atoms with Gasteiger partial charge in [0.05, 0.1) is 22.5 Å². The molecule has 5 aromatic rings. The van der Waals surface area contributed by atoms with E-state index >= 15 is 8.78 Å². The van der Waals surface area contributed by atoms with Crippen molar-refractivity contribution in [1.29, 1.82) is 0 Å². The van der Waals surface area contributed by atoms with E-state index in [0.29, 0.717) is 48.0 Å². The number of aromatic nitrogens is 4.